The Balaban J connectivity index is 2.14. The van der Waals surface area contributed by atoms with E-state index in [4.69, 9.17) is 0 Å². The van der Waals surface area contributed by atoms with E-state index in [-0.39, 0.29) is 0 Å². The fourth-order valence-corrected chi connectivity index (χ4v) is 3.77. The standard InChI is InChI=1S/C16H16/c1-2-6-14-12(4-1)10-13-9-8-11-5-3-7-15(14)16(11)13/h1-2,4,6,10-11H,3,5,7-9H2. The van der Waals surface area contributed by atoms with Crippen LogP contribution in [0.1, 0.15) is 41.9 Å². The molecule has 0 radical (unpaired) electrons. The van der Waals surface area contributed by atoms with Crippen molar-refractivity contribution >= 4 is 10.8 Å². The topological polar surface area (TPSA) is 0 Å². The Morgan fingerprint density at radius 3 is 2.94 bits per heavy atom. The van der Waals surface area contributed by atoms with Crippen molar-refractivity contribution in [3.8, 4) is 0 Å². The molecule has 2 aromatic rings. The van der Waals surface area contributed by atoms with Crippen LogP contribution in [0.15, 0.2) is 30.3 Å². The van der Waals surface area contributed by atoms with Crippen LogP contribution in [-0.2, 0) is 12.8 Å². The highest BCUT2D eigenvalue weighted by Crippen LogP contribution is 2.45. The molecule has 0 spiro atoms. The predicted molar refractivity (Wildman–Crippen MR) is 67.9 cm³/mol. The zero-order valence-electron chi connectivity index (χ0n) is 9.50. The van der Waals surface area contributed by atoms with Gasteiger partial charge in [-0.3, -0.25) is 0 Å². The van der Waals surface area contributed by atoms with Crippen molar-refractivity contribution in [3.05, 3.63) is 47.0 Å². The molecule has 0 saturated heterocycles. The second-order valence-electron chi connectivity index (χ2n) is 5.28. The van der Waals surface area contributed by atoms with Crippen LogP contribution in [0.25, 0.3) is 10.8 Å². The van der Waals surface area contributed by atoms with E-state index >= 15 is 0 Å². The molecule has 1 atom stereocenters. The quantitative estimate of drug-likeness (QED) is 0.608. The summed E-state index contributed by atoms with van der Waals surface area (Å²) in [7, 11) is 0. The highest BCUT2D eigenvalue weighted by molar-refractivity contribution is 5.88. The van der Waals surface area contributed by atoms with E-state index in [1.54, 1.807) is 16.7 Å². The van der Waals surface area contributed by atoms with Gasteiger partial charge in [-0.15, -0.1) is 0 Å². The Labute approximate surface area is 96.3 Å². The van der Waals surface area contributed by atoms with E-state index in [1.165, 1.54) is 42.9 Å². The van der Waals surface area contributed by atoms with Crippen molar-refractivity contribution in [2.45, 2.75) is 38.0 Å². The van der Waals surface area contributed by atoms with Crippen LogP contribution in [0.2, 0.25) is 0 Å². The number of hydrogen-bond acceptors (Lipinski definition) is 0. The number of aryl methyl sites for hydroxylation is 2. The summed E-state index contributed by atoms with van der Waals surface area (Å²) in [4.78, 5) is 0. The normalized spacial score (nSPS) is 22.4. The Kier molecular flexibility index (Phi) is 1.71. The molecule has 0 heteroatoms. The zero-order valence-corrected chi connectivity index (χ0v) is 9.50. The molecule has 0 amide bonds. The molecule has 0 aliphatic heterocycles. The third-order valence-electron chi connectivity index (χ3n) is 4.44. The van der Waals surface area contributed by atoms with Crippen molar-refractivity contribution < 1.29 is 0 Å². The van der Waals surface area contributed by atoms with Crippen LogP contribution >= 0.6 is 0 Å². The van der Waals surface area contributed by atoms with E-state index in [2.05, 4.69) is 30.3 Å². The van der Waals surface area contributed by atoms with Crippen molar-refractivity contribution in [1.82, 2.24) is 0 Å². The first-order valence-electron chi connectivity index (χ1n) is 6.47. The Morgan fingerprint density at radius 1 is 1.00 bits per heavy atom. The molecule has 2 aromatic carbocycles. The monoisotopic (exact) mass is 208 g/mol. The van der Waals surface area contributed by atoms with Gasteiger partial charge in [0.1, 0.15) is 0 Å². The molecule has 0 nitrogen and oxygen atoms in total. The summed E-state index contributed by atoms with van der Waals surface area (Å²) in [6.45, 7) is 0. The van der Waals surface area contributed by atoms with Crippen LogP contribution in [0.5, 0.6) is 0 Å². The summed E-state index contributed by atoms with van der Waals surface area (Å²) in [6.07, 6.45) is 6.85. The molecule has 16 heavy (non-hydrogen) atoms. The van der Waals surface area contributed by atoms with E-state index in [1.807, 2.05) is 0 Å². The van der Waals surface area contributed by atoms with Gasteiger partial charge in [-0.2, -0.15) is 0 Å². The summed E-state index contributed by atoms with van der Waals surface area (Å²) in [5, 5.41) is 2.98. The fraction of sp³-hybridized carbons (Fsp3) is 0.375. The second-order valence-corrected chi connectivity index (χ2v) is 5.28. The van der Waals surface area contributed by atoms with Gasteiger partial charge in [0.2, 0.25) is 0 Å². The van der Waals surface area contributed by atoms with Crippen molar-refractivity contribution in [2.24, 2.45) is 0 Å². The lowest BCUT2D eigenvalue weighted by atomic mass is 9.81. The van der Waals surface area contributed by atoms with Gasteiger partial charge in [0, 0.05) is 0 Å². The summed E-state index contributed by atoms with van der Waals surface area (Å²) in [5.41, 5.74) is 5.07. The molecular formula is C16H16. The number of hydrogen-bond donors (Lipinski definition) is 0. The number of benzene rings is 2. The van der Waals surface area contributed by atoms with Crippen molar-refractivity contribution in [1.29, 1.82) is 0 Å². The van der Waals surface area contributed by atoms with Crippen LogP contribution < -0.4 is 0 Å². The highest BCUT2D eigenvalue weighted by atomic mass is 14.3. The van der Waals surface area contributed by atoms with Crippen LogP contribution in [0, 0.1) is 0 Å². The highest BCUT2D eigenvalue weighted by Gasteiger charge is 2.29. The first kappa shape index (κ1) is 8.81. The lowest BCUT2D eigenvalue weighted by Crippen LogP contribution is -2.07. The molecule has 0 aromatic heterocycles. The van der Waals surface area contributed by atoms with Gasteiger partial charge in [0.25, 0.3) is 0 Å². The average molecular weight is 208 g/mol. The Morgan fingerprint density at radius 2 is 1.94 bits per heavy atom. The van der Waals surface area contributed by atoms with Crippen molar-refractivity contribution in [2.75, 3.05) is 0 Å². The maximum absolute atomic E-state index is 2.44. The number of rotatable bonds is 0. The third-order valence-corrected chi connectivity index (χ3v) is 4.44. The zero-order chi connectivity index (χ0) is 10.5. The number of fused-ring (bicyclic) bond motifs is 2. The van der Waals surface area contributed by atoms with Gasteiger partial charge in [-0.25, -0.2) is 0 Å². The Hall–Kier alpha value is -1.30. The summed E-state index contributed by atoms with van der Waals surface area (Å²) >= 11 is 0. The molecule has 2 aliphatic rings. The first-order chi connectivity index (χ1) is 7.93. The van der Waals surface area contributed by atoms with Gasteiger partial charge in [0.05, 0.1) is 0 Å². The average Bonchev–Trinajstić information content (AvgIpc) is 2.75. The molecule has 2 aliphatic carbocycles. The van der Waals surface area contributed by atoms with Gasteiger partial charge in [-0.05, 0) is 65.5 Å². The largest absolute Gasteiger partial charge is 0.0616 e. The van der Waals surface area contributed by atoms with Gasteiger partial charge < -0.3 is 0 Å². The van der Waals surface area contributed by atoms with Crippen LogP contribution in [0.3, 0.4) is 0 Å². The van der Waals surface area contributed by atoms with E-state index in [0.717, 1.165) is 5.92 Å². The molecule has 1 unspecified atom stereocenters. The molecule has 4 rings (SSSR count). The summed E-state index contributed by atoms with van der Waals surface area (Å²) in [5.74, 6) is 0.892. The maximum Gasteiger partial charge on any atom is -0.0149 e. The molecule has 0 heterocycles. The first-order valence-corrected chi connectivity index (χ1v) is 6.47. The van der Waals surface area contributed by atoms with E-state index in [0.29, 0.717) is 0 Å². The molecule has 0 bridgehead atoms. The van der Waals surface area contributed by atoms with Gasteiger partial charge in [-0.1, -0.05) is 30.3 Å². The third kappa shape index (κ3) is 1.05. The lowest BCUT2D eigenvalue weighted by Gasteiger charge is -2.23. The molecular weight excluding hydrogens is 192 g/mol. The van der Waals surface area contributed by atoms with Crippen LogP contribution in [0.4, 0.5) is 0 Å². The lowest BCUT2D eigenvalue weighted by molar-refractivity contribution is 0.557. The molecule has 0 saturated carbocycles. The fourth-order valence-electron chi connectivity index (χ4n) is 3.77. The minimum absolute atomic E-state index is 0.892. The molecule has 0 N–H and O–H groups in total. The molecule has 80 valence electrons. The van der Waals surface area contributed by atoms with Gasteiger partial charge >= 0.3 is 0 Å². The smallest absolute Gasteiger partial charge is 0.0149 e. The minimum atomic E-state index is 0.892. The minimum Gasteiger partial charge on any atom is -0.0616 e. The summed E-state index contributed by atoms with van der Waals surface area (Å²) < 4.78 is 0. The maximum atomic E-state index is 2.44. The SMILES string of the molecule is c1ccc2c3c4c(cc2c1)CCC4CCC3. The predicted octanol–water partition coefficient (Wildman–Crippen LogP) is 4.21. The second kappa shape index (κ2) is 3.10. The summed E-state index contributed by atoms with van der Waals surface area (Å²) in [6, 6.07) is 11.4. The van der Waals surface area contributed by atoms with Gasteiger partial charge in [0.15, 0.2) is 0 Å². The molecule has 0 fully saturated rings. The van der Waals surface area contributed by atoms with E-state index < -0.39 is 0 Å². The van der Waals surface area contributed by atoms with E-state index in [9.17, 15) is 0 Å². The Bertz CT molecular complexity index is 566. The van der Waals surface area contributed by atoms with Crippen LogP contribution in [-0.4, -0.2) is 0 Å². The van der Waals surface area contributed by atoms with Crippen molar-refractivity contribution in [3.63, 3.8) is 0 Å².